The molecule has 1 heterocycles. The van der Waals surface area contributed by atoms with Crippen LogP contribution in [0, 0.1) is 0 Å². The predicted octanol–water partition coefficient (Wildman–Crippen LogP) is -2.39. The molecule has 1 aliphatic rings. The molecular formula is C15H21NO8. The summed E-state index contributed by atoms with van der Waals surface area (Å²) >= 11 is 0. The second-order valence-electron chi connectivity index (χ2n) is 5.61. The second-order valence-corrected chi connectivity index (χ2v) is 5.61. The molecule has 0 radical (unpaired) electrons. The molecule has 0 saturated carbocycles. The number of hydrogen-bond acceptors (Lipinski definition) is 9. The first-order chi connectivity index (χ1) is 11.3. The predicted molar refractivity (Wildman–Crippen MR) is 79.6 cm³/mol. The molecule has 0 amide bonds. The van der Waals surface area contributed by atoms with Crippen molar-refractivity contribution in [3.63, 3.8) is 0 Å². The maximum absolute atomic E-state index is 12.0. The van der Waals surface area contributed by atoms with Crippen LogP contribution in [0.15, 0.2) is 24.3 Å². The molecule has 6 atom stereocenters. The fraction of sp³-hybridized carbons (Fsp3) is 0.533. The van der Waals surface area contributed by atoms with E-state index >= 15 is 0 Å². The van der Waals surface area contributed by atoms with E-state index in [9.17, 15) is 25.2 Å². The van der Waals surface area contributed by atoms with Gasteiger partial charge in [0.1, 0.15) is 36.2 Å². The smallest absolute Gasteiger partial charge is 0.325 e. The van der Waals surface area contributed by atoms with Crippen molar-refractivity contribution >= 4 is 5.97 Å². The Morgan fingerprint density at radius 2 is 1.79 bits per heavy atom. The summed E-state index contributed by atoms with van der Waals surface area (Å²) in [6.45, 7) is -0.626. The molecule has 1 saturated heterocycles. The van der Waals surface area contributed by atoms with Crippen molar-refractivity contribution in [1.82, 2.24) is 0 Å². The van der Waals surface area contributed by atoms with Gasteiger partial charge in [0.05, 0.1) is 6.61 Å². The van der Waals surface area contributed by atoms with E-state index in [0.29, 0.717) is 5.56 Å². The molecule has 0 aromatic heterocycles. The van der Waals surface area contributed by atoms with Crippen LogP contribution in [0.1, 0.15) is 5.56 Å². The minimum absolute atomic E-state index is 0.0798. The number of nitrogens with two attached hydrogens (primary N) is 1. The summed E-state index contributed by atoms with van der Waals surface area (Å²) in [6, 6.07) is 5.02. The molecule has 1 aromatic rings. The van der Waals surface area contributed by atoms with Gasteiger partial charge in [-0.05, 0) is 24.1 Å². The monoisotopic (exact) mass is 343 g/mol. The van der Waals surface area contributed by atoms with Gasteiger partial charge in [-0.2, -0.15) is 0 Å². The maximum Gasteiger partial charge on any atom is 0.325 e. The molecule has 7 N–H and O–H groups in total. The number of carbonyl (C=O) groups is 1. The number of aliphatic hydroxyl groups is 4. The Morgan fingerprint density at radius 3 is 2.38 bits per heavy atom. The molecule has 9 nitrogen and oxygen atoms in total. The molecule has 134 valence electrons. The van der Waals surface area contributed by atoms with Crippen LogP contribution in [0.4, 0.5) is 0 Å². The first kappa shape index (κ1) is 18.6. The van der Waals surface area contributed by atoms with Crippen molar-refractivity contribution in [3.05, 3.63) is 29.8 Å². The van der Waals surface area contributed by atoms with E-state index in [-0.39, 0.29) is 12.2 Å². The maximum atomic E-state index is 12.0. The zero-order valence-corrected chi connectivity index (χ0v) is 12.7. The number of ether oxygens (including phenoxy) is 2. The Morgan fingerprint density at radius 1 is 1.17 bits per heavy atom. The molecule has 2 rings (SSSR count). The van der Waals surface area contributed by atoms with Gasteiger partial charge in [0.25, 0.3) is 0 Å². The normalized spacial score (nSPS) is 31.5. The summed E-state index contributed by atoms with van der Waals surface area (Å²) in [4.78, 5) is 12.0. The standard InChI is InChI=1S/C15H21NO8/c16-9(5-7-1-3-8(18)4-2-7)14(22)24-15-13(21)12(20)11(19)10(6-17)23-15/h1-4,9-13,15,17-21H,5-6,16H2/t9-,10+,11+,12-,13+,15?/m0/s1. The number of aliphatic hydroxyl groups excluding tert-OH is 4. The van der Waals surface area contributed by atoms with Crippen LogP contribution in [0.3, 0.4) is 0 Å². The first-order valence-electron chi connectivity index (χ1n) is 7.38. The highest BCUT2D eigenvalue weighted by Crippen LogP contribution is 2.22. The van der Waals surface area contributed by atoms with E-state index in [0.717, 1.165) is 0 Å². The third kappa shape index (κ3) is 4.20. The zero-order valence-electron chi connectivity index (χ0n) is 12.7. The van der Waals surface area contributed by atoms with E-state index in [1.807, 2.05) is 0 Å². The molecule has 1 aromatic carbocycles. The minimum Gasteiger partial charge on any atom is -0.508 e. The van der Waals surface area contributed by atoms with Crippen LogP contribution in [-0.2, 0) is 20.7 Å². The Bertz CT molecular complexity index is 549. The molecule has 0 bridgehead atoms. The van der Waals surface area contributed by atoms with E-state index < -0.39 is 49.3 Å². The molecular weight excluding hydrogens is 322 g/mol. The van der Waals surface area contributed by atoms with Crippen LogP contribution < -0.4 is 5.73 Å². The highest BCUT2D eigenvalue weighted by atomic mass is 16.7. The van der Waals surface area contributed by atoms with Gasteiger partial charge in [-0.1, -0.05) is 12.1 Å². The van der Waals surface area contributed by atoms with Crippen LogP contribution in [0.25, 0.3) is 0 Å². The molecule has 0 aliphatic carbocycles. The zero-order chi connectivity index (χ0) is 17.9. The lowest BCUT2D eigenvalue weighted by Gasteiger charge is -2.39. The number of benzene rings is 1. The van der Waals surface area contributed by atoms with E-state index in [1.54, 1.807) is 12.1 Å². The van der Waals surface area contributed by atoms with Crippen molar-refractivity contribution in [2.45, 2.75) is 43.2 Å². The molecule has 1 fully saturated rings. The van der Waals surface area contributed by atoms with Gasteiger partial charge in [0.2, 0.25) is 6.29 Å². The van der Waals surface area contributed by atoms with Crippen LogP contribution in [0.2, 0.25) is 0 Å². The molecule has 0 spiro atoms. The van der Waals surface area contributed by atoms with Gasteiger partial charge < -0.3 is 40.7 Å². The fourth-order valence-corrected chi connectivity index (χ4v) is 2.34. The molecule has 1 unspecified atom stereocenters. The molecule has 9 heteroatoms. The Hall–Kier alpha value is -1.75. The third-order valence-electron chi connectivity index (χ3n) is 3.78. The van der Waals surface area contributed by atoms with Crippen LogP contribution >= 0.6 is 0 Å². The number of phenolic OH excluding ortho intramolecular Hbond substituents is 1. The van der Waals surface area contributed by atoms with E-state index in [2.05, 4.69) is 0 Å². The Labute approximate surface area is 137 Å². The summed E-state index contributed by atoms with van der Waals surface area (Å²) in [5.41, 5.74) is 6.43. The summed E-state index contributed by atoms with van der Waals surface area (Å²) in [7, 11) is 0. The lowest BCUT2D eigenvalue weighted by atomic mass is 9.99. The van der Waals surface area contributed by atoms with Crippen LogP contribution in [-0.4, -0.2) is 74.9 Å². The number of carbonyl (C=O) groups excluding carboxylic acids is 1. The average molecular weight is 343 g/mol. The van der Waals surface area contributed by atoms with Gasteiger partial charge in [0.15, 0.2) is 0 Å². The average Bonchev–Trinajstić information content (AvgIpc) is 2.57. The number of rotatable bonds is 5. The van der Waals surface area contributed by atoms with Gasteiger partial charge >= 0.3 is 5.97 Å². The molecule has 1 aliphatic heterocycles. The largest absolute Gasteiger partial charge is 0.508 e. The molecule has 24 heavy (non-hydrogen) atoms. The number of esters is 1. The number of phenols is 1. The number of aromatic hydroxyl groups is 1. The topological polar surface area (TPSA) is 163 Å². The lowest BCUT2D eigenvalue weighted by Crippen LogP contribution is -2.60. The Balaban J connectivity index is 1.96. The Kier molecular flexibility index (Phi) is 6.10. The fourth-order valence-electron chi connectivity index (χ4n) is 2.34. The third-order valence-corrected chi connectivity index (χ3v) is 3.78. The van der Waals surface area contributed by atoms with Crippen molar-refractivity contribution in [2.24, 2.45) is 5.73 Å². The van der Waals surface area contributed by atoms with Gasteiger partial charge in [-0.25, -0.2) is 0 Å². The second kappa shape index (κ2) is 7.88. The minimum atomic E-state index is -1.67. The van der Waals surface area contributed by atoms with E-state index in [4.69, 9.17) is 20.3 Å². The van der Waals surface area contributed by atoms with Crippen LogP contribution in [0.5, 0.6) is 5.75 Å². The van der Waals surface area contributed by atoms with Gasteiger partial charge in [-0.15, -0.1) is 0 Å². The van der Waals surface area contributed by atoms with Gasteiger partial charge in [-0.3, -0.25) is 4.79 Å². The summed E-state index contributed by atoms with van der Waals surface area (Å²) < 4.78 is 10.0. The SMILES string of the molecule is N[C@@H](Cc1ccc(O)cc1)C(=O)OC1O[C@H](CO)[C@@H](O)[C@H](O)[C@H]1O. The summed E-state index contributed by atoms with van der Waals surface area (Å²) in [5.74, 6) is -0.802. The lowest BCUT2D eigenvalue weighted by molar-refractivity contribution is -0.293. The summed E-state index contributed by atoms with van der Waals surface area (Å²) in [5, 5.41) is 47.4. The highest BCUT2D eigenvalue weighted by molar-refractivity contribution is 5.76. The highest BCUT2D eigenvalue weighted by Gasteiger charge is 2.45. The summed E-state index contributed by atoms with van der Waals surface area (Å²) in [6.07, 6.45) is -7.45. The first-order valence-corrected chi connectivity index (χ1v) is 7.38. The number of hydrogen-bond donors (Lipinski definition) is 6. The van der Waals surface area contributed by atoms with Crippen molar-refractivity contribution in [1.29, 1.82) is 0 Å². The van der Waals surface area contributed by atoms with Crippen molar-refractivity contribution in [3.8, 4) is 5.75 Å². The van der Waals surface area contributed by atoms with Crippen molar-refractivity contribution < 1.29 is 39.8 Å². The van der Waals surface area contributed by atoms with E-state index in [1.165, 1.54) is 12.1 Å². The quantitative estimate of drug-likeness (QED) is 0.320. The van der Waals surface area contributed by atoms with Gasteiger partial charge in [0, 0.05) is 0 Å². The van der Waals surface area contributed by atoms with Crippen molar-refractivity contribution in [2.75, 3.05) is 6.61 Å².